The summed E-state index contributed by atoms with van der Waals surface area (Å²) in [6.07, 6.45) is 2.46. The normalized spacial score (nSPS) is 10.2. The maximum absolute atomic E-state index is 9.14. The van der Waals surface area contributed by atoms with Gasteiger partial charge in [-0.3, -0.25) is 0 Å². The van der Waals surface area contributed by atoms with Crippen molar-refractivity contribution in [2.75, 3.05) is 11.9 Å². The molecule has 0 saturated carbocycles. The van der Waals surface area contributed by atoms with Gasteiger partial charge < -0.3 is 10.4 Å². The topological polar surface area (TPSA) is 58.0 Å². The molecule has 4 nitrogen and oxygen atoms in total. The molecular formula is C12H12ClN3O. The molecule has 1 heterocycles. The van der Waals surface area contributed by atoms with Gasteiger partial charge in [0.1, 0.15) is 11.6 Å². The van der Waals surface area contributed by atoms with Crippen LogP contribution in [0.1, 0.15) is 5.56 Å². The maximum Gasteiger partial charge on any atom is 0.224 e. The van der Waals surface area contributed by atoms with Gasteiger partial charge in [-0.1, -0.05) is 12.1 Å². The summed E-state index contributed by atoms with van der Waals surface area (Å²) in [7, 11) is 0. The standard InChI is InChI=1S/C12H12ClN3O/c13-12-15-8-6-11(16-12)14-7-5-9-1-3-10(17)4-2-9/h1-4,6,8,17H,5,7H2,(H,14,15,16). The van der Waals surface area contributed by atoms with Crippen molar-refractivity contribution in [3.63, 3.8) is 0 Å². The molecule has 17 heavy (non-hydrogen) atoms. The summed E-state index contributed by atoms with van der Waals surface area (Å²) in [5, 5.41) is 12.5. The van der Waals surface area contributed by atoms with Crippen LogP contribution in [0.4, 0.5) is 5.82 Å². The molecule has 0 aliphatic carbocycles. The highest BCUT2D eigenvalue weighted by Crippen LogP contribution is 2.10. The second kappa shape index (κ2) is 5.50. The Morgan fingerprint density at radius 3 is 2.65 bits per heavy atom. The third-order valence-corrected chi connectivity index (χ3v) is 2.46. The van der Waals surface area contributed by atoms with Gasteiger partial charge in [0.15, 0.2) is 0 Å². The number of nitrogens with one attached hydrogen (secondary N) is 1. The van der Waals surface area contributed by atoms with E-state index in [2.05, 4.69) is 15.3 Å². The van der Waals surface area contributed by atoms with E-state index in [0.717, 1.165) is 18.5 Å². The Morgan fingerprint density at radius 1 is 1.18 bits per heavy atom. The summed E-state index contributed by atoms with van der Waals surface area (Å²) in [6, 6.07) is 8.91. The average Bonchev–Trinajstić information content (AvgIpc) is 2.32. The molecule has 88 valence electrons. The minimum absolute atomic E-state index is 0.236. The van der Waals surface area contributed by atoms with Gasteiger partial charge in [-0.2, -0.15) is 0 Å². The fourth-order valence-electron chi connectivity index (χ4n) is 1.43. The molecule has 5 heteroatoms. The number of aromatic hydroxyl groups is 1. The van der Waals surface area contributed by atoms with E-state index in [4.69, 9.17) is 16.7 Å². The van der Waals surface area contributed by atoms with Gasteiger partial charge in [-0.15, -0.1) is 0 Å². The van der Waals surface area contributed by atoms with Crippen molar-refractivity contribution in [1.82, 2.24) is 9.97 Å². The second-order valence-corrected chi connectivity index (χ2v) is 3.89. The first-order valence-corrected chi connectivity index (χ1v) is 5.62. The highest BCUT2D eigenvalue weighted by Gasteiger charge is 1.97. The number of rotatable bonds is 4. The third kappa shape index (κ3) is 3.60. The summed E-state index contributed by atoms with van der Waals surface area (Å²) >= 11 is 5.67. The second-order valence-electron chi connectivity index (χ2n) is 3.55. The summed E-state index contributed by atoms with van der Waals surface area (Å²) in [5.41, 5.74) is 1.15. The Balaban J connectivity index is 1.85. The van der Waals surface area contributed by atoms with Crippen LogP contribution in [0.2, 0.25) is 5.28 Å². The number of nitrogens with zero attached hydrogens (tertiary/aromatic N) is 2. The lowest BCUT2D eigenvalue weighted by Crippen LogP contribution is -2.06. The van der Waals surface area contributed by atoms with Gasteiger partial charge in [0.2, 0.25) is 5.28 Å². The fraction of sp³-hybridized carbons (Fsp3) is 0.167. The molecule has 1 aromatic heterocycles. The molecule has 0 aliphatic rings. The highest BCUT2D eigenvalue weighted by molar-refractivity contribution is 6.28. The van der Waals surface area contributed by atoms with E-state index in [-0.39, 0.29) is 11.0 Å². The molecule has 0 radical (unpaired) electrons. The predicted molar refractivity (Wildman–Crippen MR) is 67.3 cm³/mol. The van der Waals surface area contributed by atoms with E-state index < -0.39 is 0 Å². The third-order valence-electron chi connectivity index (χ3n) is 2.28. The zero-order valence-corrected chi connectivity index (χ0v) is 9.85. The molecule has 0 amide bonds. The van der Waals surface area contributed by atoms with E-state index in [1.807, 2.05) is 12.1 Å². The van der Waals surface area contributed by atoms with Crippen molar-refractivity contribution in [3.05, 3.63) is 47.4 Å². The van der Waals surface area contributed by atoms with E-state index in [9.17, 15) is 0 Å². The molecule has 2 aromatic rings. The van der Waals surface area contributed by atoms with E-state index in [0.29, 0.717) is 5.82 Å². The quantitative estimate of drug-likeness (QED) is 0.818. The van der Waals surface area contributed by atoms with Gasteiger partial charge in [0, 0.05) is 12.7 Å². The Morgan fingerprint density at radius 2 is 1.94 bits per heavy atom. The highest BCUT2D eigenvalue weighted by atomic mass is 35.5. The monoisotopic (exact) mass is 249 g/mol. The van der Waals surface area contributed by atoms with Gasteiger partial charge in [-0.05, 0) is 41.8 Å². The Hall–Kier alpha value is -1.81. The smallest absolute Gasteiger partial charge is 0.224 e. The fourth-order valence-corrected chi connectivity index (χ4v) is 1.58. The van der Waals surface area contributed by atoms with Crippen molar-refractivity contribution < 1.29 is 5.11 Å². The lowest BCUT2D eigenvalue weighted by Gasteiger charge is -2.05. The van der Waals surface area contributed by atoms with Crippen molar-refractivity contribution in [3.8, 4) is 5.75 Å². The lowest BCUT2D eigenvalue weighted by atomic mass is 10.1. The molecule has 0 bridgehead atoms. The predicted octanol–water partition coefficient (Wildman–Crippen LogP) is 2.49. The molecule has 1 aromatic carbocycles. The van der Waals surface area contributed by atoms with Gasteiger partial charge in [0.25, 0.3) is 0 Å². The molecule has 0 spiro atoms. The molecule has 0 unspecified atom stereocenters. The number of phenolic OH excluding ortho intramolecular Hbond substituents is 1. The van der Waals surface area contributed by atoms with E-state index in [1.165, 1.54) is 0 Å². The molecule has 0 atom stereocenters. The number of hydrogen-bond donors (Lipinski definition) is 2. The molecule has 2 rings (SSSR count). The van der Waals surface area contributed by atoms with Crippen LogP contribution in [0.3, 0.4) is 0 Å². The van der Waals surface area contributed by atoms with Crippen molar-refractivity contribution >= 4 is 17.4 Å². The van der Waals surface area contributed by atoms with Crippen LogP contribution in [-0.2, 0) is 6.42 Å². The van der Waals surface area contributed by atoms with Crippen LogP contribution >= 0.6 is 11.6 Å². The minimum Gasteiger partial charge on any atom is -0.508 e. The average molecular weight is 250 g/mol. The SMILES string of the molecule is Oc1ccc(CCNc2ccnc(Cl)n2)cc1. The minimum atomic E-state index is 0.236. The Kier molecular flexibility index (Phi) is 3.77. The molecule has 0 saturated heterocycles. The van der Waals surface area contributed by atoms with Gasteiger partial charge in [-0.25, -0.2) is 9.97 Å². The van der Waals surface area contributed by atoms with Crippen LogP contribution < -0.4 is 5.32 Å². The van der Waals surface area contributed by atoms with Gasteiger partial charge >= 0.3 is 0 Å². The number of aromatic nitrogens is 2. The van der Waals surface area contributed by atoms with E-state index in [1.54, 1.807) is 24.4 Å². The largest absolute Gasteiger partial charge is 0.508 e. The van der Waals surface area contributed by atoms with Crippen LogP contribution in [0.15, 0.2) is 36.5 Å². The number of hydrogen-bond acceptors (Lipinski definition) is 4. The first-order valence-electron chi connectivity index (χ1n) is 5.24. The summed E-state index contributed by atoms with van der Waals surface area (Å²) in [6.45, 7) is 0.748. The van der Waals surface area contributed by atoms with Crippen LogP contribution in [0.5, 0.6) is 5.75 Å². The molecular weight excluding hydrogens is 238 g/mol. The molecule has 0 fully saturated rings. The first kappa shape index (κ1) is 11.7. The van der Waals surface area contributed by atoms with Crippen molar-refractivity contribution in [2.24, 2.45) is 0 Å². The van der Waals surface area contributed by atoms with Crippen LogP contribution in [-0.4, -0.2) is 21.6 Å². The zero-order chi connectivity index (χ0) is 12.1. The van der Waals surface area contributed by atoms with Crippen molar-refractivity contribution in [1.29, 1.82) is 0 Å². The number of anilines is 1. The summed E-state index contributed by atoms with van der Waals surface area (Å²) in [4.78, 5) is 7.82. The summed E-state index contributed by atoms with van der Waals surface area (Å²) in [5.74, 6) is 0.994. The van der Waals surface area contributed by atoms with Gasteiger partial charge in [0.05, 0.1) is 0 Å². The Bertz CT molecular complexity index is 487. The van der Waals surface area contributed by atoms with Crippen LogP contribution in [0, 0.1) is 0 Å². The van der Waals surface area contributed by atoms with E-state index >= 15 is 0 Å². The summed E-state index contributed by atoms with van der Waals surface area (Å²) < 4.78 is 0. The number of phenols is 1. The Labute approximate surface area is 104 Å². The lowest BCUT2D eigenvalue weighted by molar-refractivity contribution is 0.475. The number of halogens is 1. The first-order chi connectivity index (χ1) is 8.24. The van der Waals surface area contributed by atoms with Crippen LogP contribution in [0.25, 0.3) is 0 Å². The molecule has 0 aliphatic heterocycles. The zero-order valence-electron chi connectivity index (χ0n) is 9.10. The number of benzene rings is 1. The maximum atomic E-state index is 9.14. The molecule has 2 N–H and O–H groups in total. The van der Waals surface area contributed by atoms with Crippen molar-refractivity contribution in [2.45, 2.75) is 6.42 Å².